The highest BCUT2D eigenvalue weighted by molar-refractivity contribution is 7.99. The number of hydrogen-bond acceptors (Lipinski definition) is 7. The van der Waals surface area contributed by atoms with Crippen LogP contribution in [0.4, 0.5) is 22.9 Å². The minimum absolute atomic E-state index is 0.144. The molecule has 8 heteroatoms. The monoisotopic (exact) mass is 475 g/mol. The molecule has 3 aromatic rings. The van der Waals surface area contributed by atoms with Crippen molar-refractivity contribution in [1.82, 2.24) is 9.88 Å². The summed E-state index contributed by atoms with van der Waals surface area (Å²) in [7, 11) is 2.13. The van der Waals surface area contributed by atoms with Crippen LogP contribution in [0.3, 0.4) is 0 Å². The topological polar surface area (TPSA) is 60.9 Å². The van der Waals surface area contributed by atoms with Gasteiger partial charge >= 0.3 is 0 Å². The van der Waals surface area contributed by atoms with Gasteiger partial charge in [-0.3, -0.25) is 4.79 Å². The Hall–Kier alpha value is -3.23. The van der Waals surface area contributed by atoms with Crippen LogP contribution < -0.4 is 19.9 Å². The summed E-state index contributed by atoms with van der Waals surface area (Å²) in [6.07, 6.45) is 0. The largest absolute Gasteiger partial charge is 0.474 e. The highest BCUT2D eigenvalue weighted by Gasteiger charge is 2.23. The number of hydrogen-bond donors (Lipinski definition) is 1. The average Bonchev–Trinajstić information content (AvgIpc) is 2.84. The molecule has 1 amide bonds. The van der Waals surface area contributed by atoms with Crippen LogP contribution >= 0.6 is 11.8 Å². The third kappa shape index (κ3) is 4.83. The van der Waals surface area contributed by atoms with Gasteiger partial charge < -0.3 is 24.8 Å². The average molecular weight is 476 g/mol. The normalized spacial score (nSPS) is 15.5. The minimum atomic E-state index is -0.144. The van der Waals surface area contributed by atoms with Crippen LogP contribution in [0.2, 0.25) is 0 Å². The maximum absolute atomic E-state index is 11.8. The molecule has 5 rings (SSSR count). The zero-order chi connectivity index (χ0) is 23.5. The summed E-state index contributed by atoms with van der Waals surface area (Å²) in [5.41, 5.74) is 2.95. The SMILES string of the molecule is CC(=O)Nc1ccc(N2CCN(C)CC2)nc1OCCN1c2ccccc2Sc2ccccc21. The number of ether oxygens (including phenoxy) is 1. The Morgan fingerprint density at radius 2 is 1.62 bits per heavy atom. The predicted molar refractivity (Wildman–Crippen MR) is 138 cm³/mol. The molecule has 1 fully saturated rings. The van der Waals surface area contributed by atoms with Gasteiger partial charge in [0.2, 0.25) is 11.8 Å². The van der Waals surface area contributed by atoms with E-state index in [9.17, 15) is 4.79 Å². The number of anilines is 4. The Morgan fingerprint density at radius 1 is 0.971 bits per heavy atom. The highest BCUT2D eigenvalue weighted by atomic mass is 32.2. The Bertz CT molecular complexity index is 1130. The van der Waals surface area contributed by atoms with E-state index in [2.05, 4.69) is 75.6 Å². The van der Waals surface area contributed by atoms with Crippen LogP contribution in [-0.4, -0.2) is 62.2 Å². The molecule has 0 unspecified atom stereocenters. The molecule has 1 saturated heterocycles. The van der Waals surface area contributed by atoms with E-state index < -0.39 is 0 Å². The van der Waals surface area contributed by atoms with E-state index in [0.29, 0.717) is 24.7 Å². The van der Waals surface area contributed by atoms with Gasteiger partial charge in [-0.05, 0) is 43.4 Å². The molecule has 34 heavy (non-hydrogen) atoms. The van der Waals surface area contributed by atoms with Crippen LogP contribution in [0.1, 0.15) is 6.92 Å². The lowest BCUT2D eigenvalue weighted by Crippen LogP contribution is -2.44. The van der Waals surface area contributed by atoms with Gasteiger partial charge in [0, 0.05) is 42.9 Å². The van der Waals surface area contributed by atoms with Crippen molar-refractivity contribution in [2.24, 2.45) is 0 Å². The number of nitrogens with zero attached hydrogens (tertiary/aromatic N) is 4. The maximum atomic E-state index is 11.8. The van der Waals surface area contributed by atoms with Gasteiger partial charge in [-0.2, -0.15) is 4.98 Å². The fourth-order valence-corrected chi connectivity index (χ4v) is 5.39. The fraction of sp³-hybridized carbons (Fsp3) is 0.308. The first kappa shape index (κ1) is 22.6. The van der Waals surface area contributed by atoms with Crippen molar-refractivity contribution in [1.29, 1.82) is 0 Å². The van der Waals surface area contributed by atoms with E-state index >= 15 is 0 Å². The van der Waals surface area contributed by atoms with Gasteiger partial charge in [0.05, 0.1) is 17.9 Å². The van der Waals surface area contributed by atoms with E-state index in [1.54, 1.807) is 11.8 Å². The van der Waals surface area contributed by atoms with Crippen LogP contribution in [0.25, 0.3) is 0 Å². The molecular formula is C26H29N5O2S. The second-order valence-corrected chi connectivity index (χ2v) is 9.62. The first-order valence-corrected chi connectivity index (χ1v) is 12.4. The van der Waals surface area contributed by atoms with Crippen molar-refractivity contribution < 1.29 is 9.53 Å². The third-order valence-corrected chi connectivity index (χ3v) is 7.20. The molecule has 0 aliphatic carbocycles. The lowest BCUT2D eigenvalue weighted by molar-refractivity contribution is -0.114. The van der Waals surface area contributed by atoms with Gasteiger partial charge in [-0.25, -0.2) is 0 Å². The van der Waals surface area contributed by atoms with E-state index in [0.717, 1.165) is 32.0 Å². The van der Waals surface area contributed by atoms with Gasteiger partial charge in [0.15, 0.2) is 0 Å². The zero-order valence-electron chi connectivity index (χ0n) is 19.5. The maximum Gasteiger partial charge on any atom is 0.239 e. The quantitative estimate of drug-likeness (QED) is 0.564. The molecule has 3 heterocycles. The summed E-state index contributed by atoms with van der Waals surface area (Å²) in [4.78, 5) is 25.9. The van der Waals surface area contributed by atoms with Crippen molar-refractivity contribution in [3.05, 3.63) is 60.7 Å². The summed E-state index contributed by atoms with van der Waals surface area (Å²) in [6, 6.07) is 20.7. The number of likely N-dealkylation sites (N-methyl/N-ethyl adjacent to an activating group) is 1. The molecule has 0 atom stereocenters. The minimum Gasteiger partial charge on any atom is -0.474 e. The third-order valence-electron chi connectivity index (χ3n) is 6.07. The molecule has 0 radical (unpaired) electrons. The first-order chi connectivity index (χ1) is 16.6. The second-order valence-electron chi connectivity index (χ2n) is 8.53. The van der Waals surface area contributed by atoms with Crippen LogP contribution in [0.5, 0.6) is 5.88 Å². The Kier molecular flexibility index (Phi) is 6.60. The number of rotatable bonds is 6. The number of benzene rings is 2. The number of piperazine rings is 1. The van der Waals surface area contributed by atoms with E-state index in [-0.39, 0.29) is 5.91 Å². The van der Waals surface area contributed by atoms with Crippen molar-refractivity contribution >= 4 is 40.5 Å². The standard InChI is InChI=1S/C26H29N5O2S/c1-19(32)27-20-11-12-25(30-15-13-29(2)14-16-30)28-26(20)33-18-17-31-21-7-3-5-9-23(21)34-24-10-6-4-8-22(24)31/h3-12H,13-18H2,1-2H3,(H,27,32). The number of amides is 1. The molecule has 2 aliphatic rings. The van der Waals surface area contributed by atoms with Gasteiger partial charge in [-0.1, -0.05) is 36.0 Å². The van der Waals surface area contributed by atoms with Gasteiger partial charge in [-0.15, -0.1) is 0 Å². The lowest BCUT2D eigenvalue weighted by atomic mass is 10.2. The Balaban J connectivity index is 1.36. The molecule has 0 saturated carbocycles. The van der Waals surface area contributed by atoms with Crippen molar-refractivity contribution in [2.45, 2.75) is 16.7 Å². The number of pyridine rings is 1. The number of fused-ring (bicyclic) bond motifs is 2. The van der Waals surface area contributed by atoms with Gasteiger partial charge in [0.1, 0.15) is 18.1 Å². The number of aromatic nitrogens is 1. The molecular weight excluding hydrogens is 446 g/mol. The van der Waals surface area contributed by atoms with Crippen LogP contribution in [0.15, 0.2) is 70.5 Å². The Morgan fingerprint density at radius 3 is 2.26 bits per heavy atom. The number of carbonyl (C=O) groups is 1. The number of nitrogens with one attached hydrogen (secondary N) is 1. The molecule has 2 aliphatic heterocycles. The lowest BCUT2D eigenvalue weighted by Gasteiger charge is -2.33. The second kappa shape index (κ2) is 9.95. The molecule has 0 spiro atoms. The molecule has 2 aromatic carbocycles. The van der Waals surface area contributed by atoms with Crippen LogP contribution in [0, 0.1) is 0 Å². The first-order valence-electron chi connectivity index (χ1n) is 11.6. The van der Waals surface area contributed by atoms with Gasteiger partial charge in [0.25, 0.3) is 0 Å². The molecule has 7 nitrogen and oxygen atoms in total. The fourth-order valence-electron chi connectivity index (χ4n) is 4.29. The molecule has 1 aromatic heterocycles. The number of carbonyl (C=O) groups excluding carboxylic acids is 1. The van der Waals surface area contributed by atoms with E-state index in [4.69, 9.17) is 9.72 Å². The summed E-state index contributed by atoms with van der Waals surface area (Å²) in [6.45, 7) is 6.42. The molecule has 176 valence electrons. The summed E-state index contributed by atoms with van der Waals surface area (Å²) in [5, 5.41) is 2.86. The highest BCUT2D eigenvalue weighted by Crippen LogP contribution is 2.47. The zero-order valence-corrected chi connectivity index (χ0v) is 20.3. The van der Waals surface area contributed by atoms with E-state index in [1.165, 1.54) is 28.1 Å². The van der Waals surface area contributed by atoms with Crippen LogP contribution in [-0.2, 0) is 4.79 Å². The summed E-state index contributed by atoms with van der Waals surface area (Å²) >= 11 is 1.79. The molecule has 0 bridgehead atoms. The Labute approximate surface area is 204 Å². The number of para-hydroxylation sites is 2. The molecule has 1 N–H and O–H groups in total. The summed E-state index contributed by atoms with van der Waals surface area (Å²) < 4.78 is 6.21. The van der Waals surface area contributed by atoms with Crippen molar-refractivity contribution in [3.8, 4) is 5.88 Å². The van der Waals surface area contributed by atoms with Crippen molar-refractivity contribution in [3.63, 3.8) is 0 Å². The smallest absolute Gasteiger partial charge is 0.239 e. The predicted octanol–water partition coefficient (Wildman–Crippen LogP) is 4.47. The van der Waals surface area contributed by atoms with Crippen molar-refractivity contribution in [2.75, 3.05) is 61.5 Å². The summed E-state index contributed by atoms with van der Waals surface area (Å²) in [5.74, 6) is 1.19. The van der Waals surface area contributed by atoms with E-state index in [1.807, 2.05) is 12.1 Å².